The summed E-state index contributed by atoms with van der Waals surface area (Å²) in [5.74, 6) is -0.692. The van der Waals surface area contributed by atoms with Gasteiger partial charge in [0.05, 0.1) is 11.6 Å². The molecule has 1 saturated heterocycles. The molecule has 0 aliphatic carbocycles. The predicted octanol–water partition coefficient (Wildman–Crippen LogP) is 4.33. The topological polar surface area (TPSA) is 76.3 Å². The largest absolute Gasteiger partial charge is 0.573 e. The average Bonchev–Trinajstić information content (AvgIpc) is 3.34. The third-order valence-corrected chi connectivity index (χ3v) is 4.96. The van der Waals surface area contributed by atoms with Crippen LogP contribution in [-0.2, 0) is 11.3 Å². The number of hydrogen-bond acceptors (Lipinski definition) is 4. The summed E-state index contributed by atoms with van der Waals surface area (Å²) in [6, 6.07) is 14.3. The standard InChI is InChI=1S/C22H18F3N3O3/c23-22(24,25)31-17-4-1-3-15(10-17)13-28-18-7-6-14(12-26)9-16(18)11-19(28)21(29)27-20-5-2-8-30-20/h1,3-4,6-7,9-11,20H,2,5,8,13H2,(H,27,29). The summed E-state index contributed by atoms with van der Waals surface area (Å²) >= 11 is 0. The zero-order chi connectivity index (χ0) is 22.0. The molecule has 9 heteroatoms. The van der Waals surface area contributed by atoms with Gasteiger partial charge in [0.15, 0.2) is 0 Å². The molecule has 1 N–H and O–H groups in total. The Kier molecular flexibility index (Phi) is 5.57. The summed E-state index contributed by atoms with van der Waals surface area (Å²) < 4.78 is 48.9. The minimum Gasteiger partial charge on any atom is -0.406 e. The van der Waals surface area contributed by atoms with Crippen LogP contribution in [0.4, 0.5) is 13.2 Å². The highest BCUT2D eigenvalue weighted by atomic mass is 19.4. The third kappa shape index (κ3) is 4.81. The van der Waals surface area contributed by atoms with E-state index in [1.807, 2.05) is 0 Å². The normalized spacial score (nSPS) is 16.3. The van der Waals surface area contributed by atoms with Gasteiger partial charge in [0, 0.05) is 24.1 Å². The second-order valence-electron chi connectivity index (χ2n) is 7.17. The molecule has 160 valence electrons. The van der Waals surface area contributed by atoms with Gasteiger partial charge in [-0.25, -0.2) is 0 Å². The zero-order valence-corrected chi connectivity index (χ0v) is 16.3. The Balaban J connectivity index is 1.70. The molecule has 1 amide bonds. The van der Waals surface area contributed by atoms with Crippen LogP contribution in [0.1, 0.15) is 34.5 Å². The Labute approximate surface area is 175 Å². The lowest BCUT2D eigenvalue weighted by Gasteiger charge is -2.15. The van der Waals surface area contributed by atoms with Gasteiger partial charge < -0.3 is 19.4 Å². The number of carbonyl (C=O) groups excluding carboxylic acids is 1. The van der Waals surface area contributed by atoms with E-state index in [4.69, 9.17) is 4.74 Å². The number of aromatic nitrogens is 1. The van der Waals surface area contributed by atoms with Gasteiger partial charge in [-0.3, -0.25) is 4.79 Å². The predicted molar refractivity (Wildman–Crippen MR) is 105 cm³/mol. The quantitative estimate of drug-likeness (QED) is 0.655. The minimum atomic E-state index is -4.79. The lowest BCUT2D eigenvalue weighted by molar-refractivity contribution is -0.274. The van der Waals surface area contributed by atoms with E-state index in [1.54, 1.807) is 34.9 Å². The SMILES string of the molecule is N#Cc1ccc2c(c1)cc(C(=O)NC1CCCO1)n2Cc1cccc(OC(F)(F)F)c1. The van der Waals surface area contributed by atoms with Crippen LogP contribution < -0.4 is 10.1 Å². The Morgan fingerprint density at radius 1 is 1.26 bits per heavy atom. The van der Waals surface area contributed by atoms with Crippen LogP contribution in [0.5, 0.6) is 5.75 Å². The van der Waals surface area contributed by atoms with Crippen molar-refractivity contribution in [1.29, 1.82) is 5.26 Å². The number of nitrogens with one attached hydrogen (secondary N) is 1. The van der Waals surface area contributed by atoms with Gasteiger partial charge in [0.25, 0.3) is 5.91 Å². The van der Waals surface area contributed by atoms with Crippen molar-refractivity contribution >= 4 is 16.8 Å². The molecule has 0 radical (unpaired) electrons. The molecule has 1 aliphatic rings. The molecule has 0 bridgehead atoms. The second-order valence-corrected chi connectivity index (χ2v) is 7.17. The first kappa shape index (κ1) is 20.8. The van der Waals surface area contributed by atoms with E-state index in [2.05, 4.69) is 16.1 Å². The van der Waals surface area contributed by atoms with Crippen LogP contribution >= 0.6 is 0 Å². The van der Waals surface area contributed by atoms with E-state index in [-0.39, 0.29) is 24.4 Å². The molecular formula is C22H18F3N3O3. The first-order valence-corrected chi connectivity index (χ1v) is 9.63. The van der Waals surface area contributed by atoms with Crippen LogP contribution in [0.15, 0.2) is 48.5 Å². The molecule has 3 aromatic rings. The van der Waals surface area contributed by atoms with E-state index in [0.29, 0.717) is 40.8 Å². The number of alkyl halides is 3. The van der Waals surface area contributed by atoms with Crippen molar-refractivity contribution < 1.29 is 27.4 Å². The molecule has 1 atom stereocenters. The molecular weight excluding hydrogens is 411 g/mol. The number of hydrogen-bond donors (Lipinski definition) is 1. The van der Waals surface area contributed by atoms with Gasteiger partial charge in [0.2, 0.25) is 0 Å². The monoisotopic (exact) mass is 429 g/mol. The van der Waals surface area contributed by atoms with Gasteiger partial charge in [-0.05, 0) is 54.8 Å². The number of rotatable bonds is 5. The molecule has 31 heavy (non-hydrogen) atoms. The van der Waals surface area contributed by atoms with Crippen molar-refractivity contribution in [2.45, 2.75) is 32.0 Å². The third-order valence-electron chi connectivity index (χ3n) is 4.96. The van der Waals surface area contributed by atoms with Crippen LogP contribution in [0, 0.1) is 11.3 Å². The van der Waals surface area contributed by atoms with E-state index >= 15 is 0 Å². The number of carbonyl (C=O) groups is 1. The van der Waals surface area contributed by atoms with Crippen molar-refractivity contribution in [3.63, 3.8) is 0 Å². The molecule has 1 aliphatic heterocycles. The number of fused-ring (bicyclic) bond motifs is 1. The van der Waals surface area contributed by atoms with E-state index in [9.17, 15) is 23.2 Å². The summed E-state index contributed by atoms with van der Waals surface area (Å²) in [5.41, 5.74) is 1.97. The maximum atomic E-state index is 12.9. The first-order valence-electron chi connectivity index (χ1n) is 9.63. The Hall–Kier alpha value is -3.51. The smallest absolute Gasteiger partial charge is 0.406 e. The highest BCUT2D eigenvalue weighted by Gasteiger charge is 2.31. The molecule has 2 aromatic carbocycles. The zero-order valence-electron chi connectivity index (χ0n) is 16.3. The van der Waals surface area contributed by atoms with Crippen molar-refractivity contribution in [1.82, 2.24) is 9.88 Å². The van der Waals surface area contributed by atoms with Crippen molar-refractivity contribution in [3.8, 4) is 11.8 Å². The molecule has 1 unspecified atom stereocenters. The molecule has 0 spiro atoms. The van der Waals surface area contributed by atoms with E-state index in [1.165, 1.54) is 18.2 Å². The Bertz CT molecular complexity index is 1160. The van der Waals surface area contributed by atoms with Gasteiger partial charge in [-0.2, -0.15) is 5.26 Å². The first-order chi connectivity index (χ1) is 14.8. The lowest BCUT2D eigenvalue weighted by atomic mass is 10.1. The lowest BCUT2D eigenvalue weighted by Crippen LogP contribution is -2.35. The minimum absolute atomic E-state index is 0.138. The number of benzene rings is 2. The summed E-state index contributed by atoms with van der Waals surface area (Å²) in [4.78, 5) is 12.9. The number of ether oxygens (including phenoxy) is 2. The summed E-state index contributed by atoms with van der Waals surface area (Å²) in [7, 11) is 0. The number of halogens is 3. The van der Waals surface area contributed by atoms with Crippen LogP contribution in [-0.4, -0.2) is 29.7 Å². The van der Waals surface area contributed by atoms with Crippen molar-refractivity contribution in [2.75, 3.05) is 6.61 Å². The van der Waals surface area contributed by atoms with Crippen LogP contribution in [0.25, 0.3) is 10.9 Å². The fourth-order valence-electron chi connectivity index (χ4n) is 3.63. The van der Waals surface area contributed by atoms with E-state index < -0.39 is 6.36 Å². The summed E-state index contributed by atoms with van der Waals surface area (Å²) in [6.07, 6.45) is -3.61. The second kappa shape index (κ2) is 8.32. The highest BCUT2D eigenvalue weighted by Crippen LogP contribution is 2.26. The van der Waals surface area contributed by atoms with Gasteiger partial charge in [0.1, 0.15) is 17.7 Å². The molecule has 4 rings (SSSR count). The van der Waals surface area contributed by atoms with Crippen molar-refractivity contribution in [2.24, 2.45) is 0 Å². The summed E-state index contributed by atoms with van der Waals surface area (Å²) in [6.45, 7) is 0.712. The fourth-order valence-corrected chi connectivity index (χ4v) is 3.63. The molecule has 6 nitrogen and oxygen atoms in total. The van der Waals surface area contributed by atoms with Crippen LogP contribution in [0.2, 0.25) is 0 Å². The fraction of sp³-hybridized carbons (Fsp3) is 0.273. The van der Waals surface area contributed by atoms with Crippen molar-refractivity contribution in [3.05, 3.63) is 65.4 Å². The van der Waals surface area contributed by atoms with Crippen LogP contribution in [0.3, 0.4) is 0 Å². The van der Waals surface area contributed by atoms with Gasteiger partial charge in [-0.15, -0.1) is 13.2 Å². The van der Waals surface area contributed by atoms with E-state index in [0.717, 1.165) is 6.42 Å². The van der Waals surface area contributed by atoms with Gasteiger partial charge in [-0.1, -0.05) is 12.1 Å². The molecule has 1 fully saturated rings. The maximum Gasteiger partial charge on any atom is 0.573 e. The molecule has 1 aromatic heterocycles. The maximum absolute atomic E-state index is 12.9. The molecule has 2 heterocycles. The number of nitrogens with zero attached hydrogens (tertiary/aromatic N) is 2. The number of nitriles is 1. The Morgan fingerprint density at radius 3 is 2.81 bits per heavy atom. The summed E-state index contributed by atoms with van der Waals surface area (Å²) in [5, 5.41) is 12.7. The van der Waals surface area contributed by atoms with Gasteiger partial charge >= 0.3 is 6.36 Å². The number of amides is 1. The average molecular weight is 429 g/mol. The Morgan fingerprint density at radius 2 is 2.10 bits per heavy atom. The molecule has 0 saturated carbocycles. The highest BCUT2D eigenvalue weighted by molar-refractivity contribution is 5.99.